The molecule has 0 spiro atoms. The minimum atomic E-state index is -0.319. The molecule has 2 bridgehead atoms. The highest BCUT2D eigenvalue weighted by molar-refractivity contribution is 6.00. The Balaban J connectivity index is 1.32. The Bertz CT molecular complexity index is 1500. The van der Waals surface area contributed by atoms with E-state index < -0.39 is 0 Å². The monoisotopic (exact) mass is 515 g/mol. The maximum atomic E-state index is 15.6. The SMILES string of the molecule is O=c1[nH]c2cc(NCC3CCCNC3)c(F)cc2c(NC2CN3CCC2CC3)c1-c1nc2ccccc2[nH]1. The highest BCUT2D eigenvalue weighted by Crippen LogP contribution is 2.37. The zero-order valence-corrected chi connectivity index (χ0v) is 21.4. The van der Waals surface area contributed by atoms with E-state index in [0.29, 0.717) is 52.0 Å². The number of piperidine rings is 4. The van der Waals surface area contributed by atoms with Gasteiger partial charge in [0.25, 0.3) is 5.56 Å². The van der Waals surface area contributed by atoms with Gasteiger partial charge in [0, 0.05) is 24.5 Å². The summed E-state index contributed by atoms with van der Waals surface area (Å²) in [7, 11) is 0. The number of para-hydroxylation sites is 2. The van der Waals surface area contributed by atoms with Gasteiger partial charge in [-0.1, -0.05) is 12.1 Å². The van der Waals surface area contributed by atoms with Crippen molar-refractivity contribution in [2.75, 3.05) is 49.9 Å². The molecule has 0 saturated carbocycles. The predicted octanol–water partition coefficient (Wildman–Crippen LogP) is 4.13. The largest absolute Gasteiger partial charge is 0.382 e. The van der Waals surface area contributed by atoms with E-state index in [2.05, 4.69) is 30.8 Å². The third-order valence-electron chi connectivity index (χ3n) is 8.69. The topological polar surface area (TPSA) is 101 Å². The molecule has 2 aromatic heterocycles. The summed E-state index contributed by atoms with van der Waals surface area (Å²) < 4.78 is 15.6. The van der Waals surface area contributed by atoms with Gasteiger partial charge in [0.2, 0.25) is 0 Å². The molecule has 6 heterocycles. The Morgan fingerprint density at radius 2 is 1.95 bits per heavy atom. The molecule has 0 amide bonds. The molecule has 198 valence electrons. The fourth-order valence-corrected chi connectivity index (χ4v) is 6.57. The molecular formula is C29H34FN7O. The van der Waals surface area contributed by atoms with Crippen molar-refractivity contribution in [2.45, 2.75) is 31.7 Å². The molecule has 4 fully saturated rings. The van der Waals surface area contributed by atoms with Gasteiger partial charge in [-0.2, -0.15) is 0 Å². The van der Waals surface area contributed by atoms with Gasteiger partial charge in [0.05, 0.1) is 27.9 Å². The number of aromatic nitrogens is 3. The molecule has 4 saturated heterocycles. The highest BCUT2D eigenvalue weighted by Gasteiger charge is 2.35. The van der Waals surface area contributed by atoms with Crippen LogP contribution in [0.4, 0.5) is 15.8 Å². The first-order valence-electron chi connectivity index (χ1n) is 13.9. The Morgan fingerprint density at radius 1 is 1.08 bits per heavy atom. The summed E-state index contributed by atoms with van der Waals surface area (Å²) >= 11 is 0. The van der Waals surface area contributed by atoms with E-state index in [1.165, 1.54) is 0 Å². The number of rotatable bonds is 6. The van der Waals surface area contributed by atoms with E-state index >= 15 is 4.39 Å². The quantitative estimate of drug-likeness (QED) is 0.265. The van der Waals surface area contributed by atoms with Gasteiger partial charge in [0.1, 0.15) is 17.2 Å². The molecule has 2 aromatic carbocycles. The smallest absolute Gasteiger partial charge is 0.261 e. The molecule has 0 radical (unpaired) electrons. The number of aromatic amines is 2. The summed E-state index contributed by atoms with van der Waals surface area (Å²) in [6, 6.07) is 11.2. The van der Waals surface area contributed by atoms with E-state index in [4.69, 9.17) is 4.98 Å². The number of nitrogens with one attached hydrogen (secondary N) is 5. The van der Waals surface area contributed by atoms with Crippen molar-refractivity contribution in [1.29, 1.82) is 0 Å². The average molecular weight is 516 g/mol. The zero-order valence-electron chi connectivity index (χ0n) is 21.4. The van der Waals surface area contributed by atoms with E-state index in [0.717, 1.165) is 69.4 Å². The summed E-state index contributed by atoms with van der Waals surface area (Å²) in [5, 5.41) is 11.1. The molecule has 4 aliphatic rings. The summed E-state index contributed by atoms with van der Waals surface area (Å²) in [6.45, 7) is 5.85. The Hall–Kier alpha value is -3.43. The molecule has 4 aromatic rings. The zero-order chi connectivity index (χ0) is 25.6. The first-order chi connectivity index (χ1) is 18.6. The number of imidazole rings is 1. The van der Waals surface area contributed by atoms with Crippen LogP contribution in [-0.4, -0.2) is 65.2 Å². The Kier molecular flexibility index (Phi) is 6.05. The van der Waals surface area contributed by atoms with Gasteiger partial charge in [-0.25, -0.2) is 9.37 Å². The maximum absolute atomic E-state index is 15.6. The van der Waals surface area contributed by atoms with Crippen LogP contribution in [-0.2, 0) is 0 Å². The van der Waals surface area contributed by atoms with Crippen molar-refractivity contribution < 1.29 is 4.39 Å². The molecule has 5 N–H and O–H groups in total. The number of H-pyrrole nitrogens is 2. The molecule has 4 aliphatic heterocycles. The molecule has 8 rings (SSSR count). The number of nitrogens with zero attached hydrogens (tertiary/aromatic N) is 2. The molecule has 38 heavy (non-hydrogen) atoms. The van der Waals surface area contributed by atoms with Crippen LogP contribution in [0.3, 0.4) is 0 Å². The predicted molar refractivity (Wildman–Crippen MR) is 150 cm³/mol. The van der Waals surface area contributed by atoms with Crippen LogP contribution in [0.25, 0.3) is 33.3 Å². The molecule has 0 aliphatic carbocycles. The lowest BCUT2D eigenvalue weighted by atomic mass is 9.83. The van der Waals surface area contributed by atoms with E-state index in [-0.39, 0.29) is 17.4 Å². The number of hydrogen-bond donors (Lipinski definition) is 5. The van der Waals surface area contributed by atoms with Crippen molar-refractivity contribution in [3.05, 3.63) is 52.6 Å². The number of halogens is 1. The van der Waals surface area contributed by atoms with Gasteiger partial charge < -0.3 is 30.8 Å². The first-order valence-corrected chi connectivity index (χ1v) is 13.9. The summed E-state index contributed by atoms with van der Waals surface area (Å²) in [5.41, 5.74) is 3.53. The van der Waals surface area contributed by atoms with Gasteiger partial charge in [-0.3, -0.25) is 4.79 Å². The fraction of sp³-hybridized carbons (Fsp3) is 0.448. The number of benzene rings is 2. The Labute approximate surface area is 220 Å². The minimum Gasteiger partial charge on any atom is -0.382 e. The van der Waals surface area contributed by atoms with E-state index in [1.807, 2.05) is 24.3 Å². The van der Waals surface area contributed by atoms with Crippen LogP contribution in [0.1, 0.15) is 25.7 Å². The van der Waals surface area contributed by atoms with Crippen LogP contribution in [0.5, 0.6) is 0 Å². The number of pyridine rings is 1. The highest BCUT2D eigenvalue weighted by atomic mass is 19.1. The second-order valence-corrected chi connectivity index (χ2v) is 11.2. The third kappa shape index (κ3) is 4.33. The lowest BCUT2D eigenvalue weighted by molar-refractivity contribution is 0.0976. The standard InChI is InChI=1S/C29H34FN7O/c30-20-12-19-23(13-24(20)32-15-17-4-3-9-31-14-17)36-29(38)26(28-34-21-5-1-2-6-22(21)35-28)27(19)33-25-16-37-10-7-18(25)8-11-37/h1-2,5-6,12-13,17-18,25,31-32H,3-4,7-11,14-16H2,(H,34,35)(H2,33,36,38). The van der Waals surface area contributed by atoms with Gasteiger partial charge >= 0.3 is 0 Å². The average Bonchev–Trinajstić information content (AvgIpc) is 3.37. The van der Waals surface area contributed by atoms with Crippen molar-refractivity contribution in [2.24, 2.45) is 11.8 Å². The minimum absolute atomic E-state index is 0.199. The molecule has 2 atom stereocenters. The second kappa shape index (κ2) is 9.71. The van der Waals surface area contributed by atoms with Crippen LogP contribution in [0, 0.1) is 17.7 Å². The van der Waals surface area contributed by atoms with Crippen LogP contribution in [0.15, 0.2) is 41.2 Å². The number of hydrogen-bond acceptors (Lipinski definition) is 6. The number of anilines is 2. The first kappa shape index (κ1) is 23.7. The molecule has 9 heteroatoms. The fourth-order valence-electron chi connectivity index (χ4n) is 6.57. The van der Waals surface area contributed by atoms with E-state index in [9.17, 15) is 4.79 Å². The van der Waals surface area contributed by atoms with Crippen molar-refractivity contribution in [3.8, 4) is 11.4 Å². The van der Waals surface area contributed by atoms with Crippen LogP contribution >= 0.6 is 0 Å². The maximum Gasteiger partial charge on any atom is 0.261 e. The normalized spacial score (nSPS) is 25.2. The van der Waals surface area contributed by atoms with Gasteiger partial charge in [-0.05, 0) is 88.0 Å². The molecule has 8 nitrogen and oxygen atoms in total. The van der Waals surface area contributed by atoms with Gasteiger partial charge in [-0.15, -0.1) is 0 Å². The van der Waals surface area contributed by atoms with Crippen molar-refractivity contribution >= 4 is 33.3 Å². The van der Waals surface area contributed by atoms with Crippen molar-refractivity contribution in [3.63, 3.8) is 0 Å². The molecule has 2 unspecified atom stereocenters. The van der Waals surface area contributed by atoms with Crippen LogP contribution < -0.4 is 21.5 Å². The molecular weight excluding hydrogens is 481 g/mol. The second-order valence-electron chi connectivity index (χ2n) is 11.2. The lowest BCUT2D eigenvalue weighted by Gasteiger charge is -2.45. The lowest BCUT2D eigenvalue weighted by Crippen LogP contribution is -2.53. The summed E-state index contributed by atoms with van der Waals surface area (Å²) in [6.07, 6.45) is 4.54. The summed E-state index contributed by atoms with van der Waals surface area (Å²) in [4.78, 5) is 27.2. The van der Waals surface area contributed by atoms with E-state index in [1.54, 1.807) is 12.1 Å². The summed E-state index contributed by atoms with van der Waals surface area (Å²) in [5.74, 6) is 1.17. The third-order valence-corrected chi connectivity index (χ3v) is 8.69. The van der Waals surface area contributed by atoms with Crippen LogP contribution in [0.2, 0.25) is 0 Å². The van der Waals surface area contributed by atoms with Crippen molar-refractivity contribution in [1.82, 2.24) is 25.2 Å². The van der Waals surface area contributed by atoms with Gasteiger partial charge in [0.15, 0.2) is 0 Å². The number of fused-ring (bicyclic) bond motifs is 5. The Morgan fingerprint density at radius 3 is 2.71 bits per heavy atom.